The van der Waals surface area contributed by atoms with Crippen LogP contribution in [0.4, 0.5) is 5.69 Å². The van der Waals surface area contributed by atoms with Crippen LogP contribution in [0.15, 0.2) is 68.9 Å². The molecule has 28 heavy (non-hydrogen) atoms. The van der Waals surface area contributed by atoms with Crippen molar-refractivity contribution in [3.8, 4) is 11.3 Å². The lowest BCUT2D eigenvalue weighted by molar-refractivity contribution is -0.115. The molecule has 140 valence electrons. The number of nitrogens with one attached hydrogen (secondary N) is 1. The lowest BCUT2D eigenvalue weighted by atomic mass is 10.2. The first-order valence-corrected chi connectivity index (χ1v) is 10.7. The van der Waals surface area contributed by atoms with E-state index in [0.29, 0.717) is 37.2 Å². The number of carbonyl (C=O) groups is 1. The van der Waals surface area contributed by atoms with Crippen molar-refractivity contribution in [3.05, 3.63) is 78.9 Å². The average Bonchev–Trinajstić information content (AvgIpc) is 3.24. The Morgan fingerprint density at radius 3 is 2.79 bits per heavy atom. The monoisotopic (exact) mass is 540 g/mol. The van der Waals surface area contributed by atoms with Crippen molar-refractivity contribution in [1.82, 2.24) is 5.32 Å². The molecule has 0 unspecified atom stereocenters. The van der Waals surface area contributed by atoms with E-state index < -0.39 is 0 Å². The molecule has 0 radical (unpaired) electrons. The Morgan fingerprint density at radius 2 is 1.96 bits per heavy atom. The van der Waals surface area contributed by atoms with Crippen molar-refractivity contribution in [3.63, 3.8) is 0 Å². The Morgan fingerprint density at radius 1 is 1.11 bits per heavy atom. The molecule has 1 amide bonds. The van der Waals surface area contributed by atoms with Crippen LogP contribution in [0.25, 0.3) is 17.4 Å². The molecule has 2 heterocycles. The van der Waals surface area contributed by atoms with Gasteiger partial charge in [-0.05, 0) is 82.9 Å². The zero-order valence-corrected chi connectivity index (χ0v) is 18.6. The van der Waals surface area contributed by atoms with Gasteiger partial charge in [0.25, 0.3) is 5.91 Å². The number of amides is 1. The van der Waals surface area contributed by atoms with Crippen LogP contribution in [0.3, 0.4) is 0 Å². The van der Waals surface area contributed by atoms with Crippen LogP contribution in [0, 0.1) is 3.57 Å². The van der Waals surface area contributed by atoms with Crippen molar-refractivity contribution in [2.24, 2.45) is 4.99 Å². The van der Waals surface area contributed by atoms with Crippen molar-refractivity contribution >= 4 is 80.4 Å². The Hall–Kier alpha value is -1.74. The number of thioether (sulfide) groups is 1. The summed E-state index contributed by atoms with van der Waals surface area (Å²) in [6.45, 7) is 0. The summed E-state index contributed by atoms with van der Waals surface area (Å²) in [5.74, 6) is 0.905. The predicted octanol–water partition coefficient (Wildman–Crippen LogP) is 6.75. The fourth-order valence-electron chi connectivity index (χ4n) is 2.53. The summed E-state index contributed by atoms with van der Waals surface area (Å²) < 4.78 is 6.91. The standard InChI is InChI=1S/C20H11Cl2IN2O2S/c21-11-4-6-16(22)15(8-11)17-7-5-14(27-17)10-18-19(26)25-20(28-18)24-13-3-1-2-12(23)9-13/h1-10H,(H,24,25,26)/b18-10+. The quantitative estimate of drug-likeness (QED) is 0.295. The molecule has 0 saturated carbocycles. The SMILES string of the molecule is O=C1NC(=Nc2cccc(I)c2)S/C1=C/c1ccc(-c2cc(Cl)ccc2Cl)o1. The lowest BCUT2D eigenvalue weighted by Crippen LogP contribution is -2.19. The van der Waals surface area contributed by atoms with E-state index in [2.05, 4.69) is 32.9 Å². The Labute approximate surface area is 189 Å². The van der Waals surface area contributed by atoms with Gasteiger partial charge >= 0.3 is 0 Å². The Kier molecular flexibility index (Phi) is 5.82. The molecule has 8 heteroatoms. The maximum absolute atomic E-state index is 12.3. The minimum Gasteiger partial charge on any atom is -0.457 e. The molecule has 3 aromatic rings. The van der Waals surface area contributed by atoms with Crippen LogP contribution >= 0.6 is 57.6 Å². The highest BCUT2D eigenvalue weighted by Gasteiger charge is 2.24. The molecule has 2 aromatic carbocycles. The summed E-state index contributed by atoms with van der Waals surface area (Å²) in [4.78, 5) is 17.2. The van der Waals surface area contributed by atoms with E-state index in [1.54, 1.807) is 36.4 Å². The van der Waals surface area contributed by atoms with Gasteiger partial charge in [0, 0.05) is 20.2 Å². The van der Waals surface area contributed by atoms with Crippen LogP contribution in [0.1, 0.15) is 5.76 Å². The zero-order valence-electron chi connectivity index (χ0n) is 14.1. The third kappa shape index (κ3) is 4.46. The molecular formula is C20H11Cl2IN2O2S. The smallest absolute Gasteiger partial charge is 0.264 e. The highest BCUT2D eigenvalue weighted by molar-refractivity contribution is 14.1. The maximum Gasteiger partial charge on any atom is 0.264 e. The molecule has 0 bridgehead atoms. The molecule has 0 spiro atoms. The van der Waals surface area contributed by atoms with Gasteiger partial charge in [0.05, 0.1) is 15.6 Å². The van der Waals surface area contributed by atoms with Gasteiger partial charge in [0.1, 0.15) is 11.5 Å². The fraction of sp³-hybridized carbons (Fsp3) is 0. The minimum absolute atomic E-state index is 0.215. The van der Waals surface area contributed by atoms with Gasteiger partial charge in [-0.3, -0.25) is 4.79 Å². The fourth-order valence-corrected chi connectivity index (χ4v) is 4.27. The number of amidine groups is 1. The van der Waals surface area contributed by atoms with E-state index in [4.69, 9.17) is 27.6 Å². The minimum atomic E-state index is -0.215. The molecule has 1 saturated heterocycles. The van der Waals surface area contributed by atoms with Crippen LogP contribution in [-0.2, 0) is 4.79 Å². The summed E-state index contributed by atoms with van der Waals surface area (Å²) >= 11 is 15.7. The van der Waals surface area contributed by atoms with Gasteiger partial charge in [-0.25, -0.2) is 4.99 Å². The Balaban J connectivity index is 1.57. The number of carbonyl (C=O) groups excluding carboxylic acids is 1. The number of aliphatic imine (C=N–C) groups is 1. The van der Waals surface area contributed by atoms with Crippen LogP contribution in [-0.4, -0.2) is 11.1 Å². The van der Waals surface area contributed by atoms with Gasteiger partial charge in [-0.1, -0.05) is 29.3 Å². The third-order valence-corrected chi connectivity index (χ3v) is 5.93. The summed E-state index contributed by atoms with van der Waals surface area (Å²) in [7, 11) is 0. The molecule has 0 atom stereocenters. The van der Waals surface area contributed by atoms with Gasteiger partial charge in [0.2, 0.25) is 0 Å². The third-order valence-electron chi connectivity index (χ3n) is 3.78. The Bertz CT molecular complexity index is 1140. The topological polar surface area (TPSA) is 54.6 Å². The number of hydrogen-bond donors (Lipinski definition) is 1. The molecule has 1 fully saturated rings. The van der Waals surface area contributed by atoms with E-state index in [0.717, 1.165) is 9.26 Å². The molecular weight excluding hydrogens is 530 g/mol. The number of benzene rings is 2. The van der Waals surface area contributed by atoms with Crippen LogP contribution < -0.4 is 5.32 Å². The summed E-state index contributed by atoms with van der Waals surface area (Å²) in [5.41, 5.74) is 1.48. The van der Waals surface area contributed by atoms with E-state index in [-0.39, 0.29) is 5.91 Å². The number of rotatable bonds is 3. The van der Waals surface area contributed by atoms with Crippen molar-refractivity contribution in [2.45, 2.75) is 0 Å². The normalized spacial score (nSPS) is 16.8. The molecule has 0 aliphatic carbocycles. The molecule has 1 aliphatic heterocycles. The maximum atomic E-state index is 12.3. The lowest BCUT2D eigenvalue weighted by Gasteiger charge is -2.01. The number of nitrogens with zero attached hydrogens (tertiary/aromatic N) is 1. The highest BCUT2D eigenvalue weighted by Crippen LogP contribution is 2.34. The second-order valence-electron chi connectivity index (χ2n) is 5.79. The highest BCUT2D eigenvalue weighted by atomic mass is 127. The summed E-state index contributed by atoms with van der Waals surface area (Å²) in [6, 6.07) is 16.5. The second-order valence-corrected chi connectivity index (χ2v) is 8.91. The van der Waals surface area contributed by atoms with Gasteiger partial charge in [-0.2, -0.15) is 0 Å². The predicted molar refractivity (Wildman–Crippen MR) is 124 cm³/mol. The van der Waals surface area contributed by atoms with Crippen LogP contribution in [0.5, 0.6) is 0 Å². The largest absolute Gasteiger partial charge is 0.457 e. The molecule has 1 aromatic heterocycles. The molecule has 1 aliphatic rings. The van der Waals surface area contributed by atoms with Gasteiger partial charge in [0.15, 0.2) is 5.17 Å². The van der Waals surface area contributed by atoms with Gasteiger partial charge < -0.3 is 9.73 Å². The summed E-state index contributed by atoms with van der Waals surface area (Å²) in [5, 5.41) is 4.41. The first-order chi connectivity index (χ1) is 13.5. The van der Waals surface area contributed by atoms with Crippen molar-refractivity contribution in [1.29, 1.82) is 0 Å². The van der Waals surface area contributed by atoms with Gasteiger partial charge in [-0.15, -0.1) is 0 Å². The first kappa shape index (κ1) is 19.6. The molecule has 4 nitrogen and oxygen atoms in total. The van der Waals surface area contributed by atoms with E-state index >= 15 is 0 Å². The first-order valence-electron chi connectivity index (χ1n) is 8.08. The molecule has 1 N–H and O–H groups in total. The van der Waals surface area contributed by atoms with Crippen molar-refractivity contribution in [2.75, 3.05) is 0 Å². The summed E-state index contributed by atoms with van der Waals surface area (Å²) in [6.07, 6.45) is 1.68. The number of furan rings is 1. The zero-order chi connectivity index (χ0) is 19.7. The average molecular weight is 541 g/mol. The number of halogens is 3. The van der Waals surface area contributed by atoms with Crippen molar-refractivity contribution < 1.29 is 9.21 Å². The van der Waals surface area contributed by atoms with E-state index in [1.807, 2.05) is 24.3 Å². The molecule has 4 rings (SSSR count). The van der Waals surface area contributed by atoms with E-state index in [1.165, 1.54) is 11.8 Å². The van der Waals surface area contributed by atoms with E-state index in [9.17, 15) is 4.79 Å². The second kappa shape index (κ2) is 8.32. The van der Waals surface area contributed by atoms with Crippen LogP contribution in [0.2, 0.25) is 10.0 Å². The number of hydrogen-bond acceptors (Lipinski definition) is 4.